The summed E-state index contributed by atoms with van der Waals surface area (Å²) in [5.74, 6) is 1.93. The Balaban J connectivity index is 2.11. The third-order valence-electron chi connectivity index (χ3n) is 3.85. The Morgan fingerprint density at radius 1 is 1.20 bits per heavy atom. The van der Waals surface area contributed by atoms with Gasteiger partial charge in [-0.1, -0.05) is 13.3 Å². The van der Waals surface area contributed by atoms with Crippen LogP contribution in [0.3, 0.4) is 0 Å². The highest BCUT2D eigenvalue weighted by Crippen LogP contribution is 2.18. The molecule has 2 rings (SSSR count). The molecule has 0 bridgehead atoms. The maximum atomic E-state index is 4.76. The van der Waals surface area contributed by atoms with Gasteiger partial charge in [0.1, 0.15) is 5.82 Å². The van der Waals surface area contributed by atoms with Crippen LogP contribution in [0.15, 0.2) is 6.07 Å². The molecule has 0 saturated carbocycles. The molecular weight excluding hydrogens is 250 g/mol. The van der Waals surface area contributed by atoms with Gasteiger partial charge in [-0.25, -0.2) is 4.98 Å². The molecule has 1 saturated heterocycles. The molecule has 0 N–H and O–H groups in total. The predicted octanol–water partition coefficient (Wildman–Crippen LogP) is 1.77. The van der Waals surface area contributed by atoms with Crippen LogP contribution in [0.5, 0.6) is 0 Å². The number of anilines is 2. The molecule has 2 heterocycles. The largest absolute Gasteiger partial charge is 0.360 e. The fourth-order valence-corrected chi connectivity index (χ4v) is 2.39. The number of piperazine rings is 1. The van der Waals surface area contributed by atoms with Crippen LogP contribution in [-0.2, 0) is 0 Å². The van der Waals surface area contributed by atoms with Crippen LogP contribution < -0.4 is 9.80 Å². The zero-order valence-electron chi connectivity index (χ0n) is 13.3. The average Bonchev–Trinajstić information content (AvgIpc) is 2.44. The van der Waals surface area contributed by atoms with Crippen molar-refractivity contribution < 1.29 is 0 Å². The summed E-state index contributed by atoms with van der Waals surface area (Å²) < 4.78 is 0. The van der Waals surface area contributed by atoms with Gasteiger partial charge in [-0.05, 0) is 20.4 Å². The molecule has 5 nitrogen and oxygen atoms in total. The third-order valence-corrected chi connectivity index (χ3v) is 3.85. The molecule has 0 spiro atoms. The molecule has 0 unspecified atom stereocenters. The van der Waals surface area contributed by atoms with E-state index in [1.807, 2.05) is 0 Å². The van der Waals surface area contributed by atoms with E-state index in [-0.39, 0.29) is 0 Å². The highest BCUT2D eigenvalue weighted by Gasteiger charge is 2.17. The lowest BCUT2D eigenvalue weighted by molar-refractivity contribution is 0.311. The van der Waals surface area contributed by atoms with Crippen molar-refractivity contribution >= 4 is 11.8 Å². The molecule has 0 atom stereocenters. The second-order valence-corrected chi connectivity index (χ2v) is 5.73. The quantitative estimate of drug-likeness (QED) is 0.820. The van der Waals surface area contributed by atoms with E-state index in [1.165, 1.54) is 12.8 Å². The van der Waals surface area contributed by atoms with Crippen molar-refractivity contribution in [3.8, 4) is 0 Å². The molecule has 1 aliphatic rings. The van der Waals surface area contributed by atoms with Gasteiger partial charge in [-0.15, -0.1) is 0 Å². The van der Waals surface area contributed by atoms with E-state index < -0.39 is 0 Å². The summed E-state index contributed by atoms with van der Waals surface area (Å²) >= 11 is 0. The van der Waals surface area contributed by atoms with Crippen molar-refractivity contribution in [3.05, 3.63) is 11.8 Å². The molecule has 1 aliphatic heterocycles. The Morgan fingerprint density at radius 3 is 2.55 bits per heavy atom. The van der Waals surface area contributed by atoms with Crippen LogP contribution in [0.1, 0.15) is 25.5 Å². The number of hydrogen-bond donors (Lipinski definition) is 0. The van der Waals surface area contributed by atoms with E-state index in [1.54, 1.807) is 0 Å². The molecule has 112 valence electrons. The van der Waals surface area contributed by atoms with E-state index in [4.69, 9.17) is 4.98 Å². The normalized spacial score (nSPS) is 16.5. The van der Waals surface area contributed by atoms with Crippen LogP contribution in [-0.4, -0.2) is 61.7 Å². The smallest absolute Gasteiger partial charge is 0.227 e. The lowest BCUT2D eigenvalue weighted by Gasteiger charge is -2.33. The van der Waals surface area contributed by atoms with Crippen molar-refractivity contribution in [2.75, 3.05) is 56.6 Å². The van der Waals surface area contributed by atoms with Gasteiger partial charge in [0.15, 0.2) is 0 Å². The first kappa shape index (κ1) is 15.0. The first-order valence-electron chi connectivity index (χ1n) is 7.60. The number of hydrogen-bond acceptors (Lipinski definition) is 5. The van der Waals surface area contributed by atoms with Crippen molar-refractivity contribution in [1.82, 2.24) is 14.9 Å². The molecule has 1 fully saturated rings. The lowest BCUT2D eigenvalue weighted by atomic mass is 10.3. The van der Waals surface area contributed by atoms with Crippen LogP contribution in [0.4, 0.5) is 11.8 Å². The van der Waals surface area contributed by atoms with E-state index in [0.717, 1.165) is 50.2 Å². The number of rotatable bonds is 5. The zero-order valence-corrected chi connectivity index (χ0v) is 13.3. The maximum Gasteiger partial charge on any atom is 0.227 e. The molecule has 0 aliphatic carbocycles. The van der Waals surface area contributed by atoms with Crippen LogP contribution >= 0.6 is 0 Å². The van der Waals surface area contributed by atoms with Gasteiger partial charge in [0.05, 0.1) is 0 Å². The Labute approximate surface area is 122 Å². The summed E-state index contributed by atoms with van der Waals surface area (Å²) in [6.07, 6.45) is 2.41. The second-order valence-electron chi connectivity index (χ2n) is 5.73. The molecule has 0 amide bonds. The molecule has 1 aromatic heterocycles. The molecule has 0 radical (unpaired) electrons. The summed E-state index contributed by atoms with van der Waals surface area (Å²) in [6, 6.07) is 2.08. The van der Waals surface area contributed by atoms with Crippen molar-refractivity contribution in [3.63, 3.8) is 0 Å². The van der Waals surface area contributed by atoms with Crippen LogP contribution in [0.2, 0.25) is 0 Å². The molecule has 0 aromatic carbocycles. The summed E-state index contributed by atoms with van der Waals surface area (Å²) in [4.78, 5) is 16.2. The van der Waals surface area contributed by atoms with Crippen molar-refractivity contribution in [2.45, 2.75) is 26.7 Å². The maximum absolute atomic E-state index is 4.76. The topological polar surface area (TPSA) is 35.5 Å². The van der Waals surface area contributed by atoms with Crippen molar-refractivity contribution in [1.29, 1.82) is 0 Å². The molecular formula is C15H27N5. The highest BCUT2D eigenvalue weighted by atomic mass is 15.3. The fourth-order valence-electron chi connectivity index (χ4n) is 2.39. The molecule has 5 heteroatoms. The van der Waals surface area contributed by atoms with Gasteiger partial charge in [0, 0.05) is 51.5 Å². The SMILES string of the molecule is CCCCN(C)c1cc(C)nc(N2CCN(C)CC2)n1. The van der Waals surface area contributed by atoms with E-state index in [0.29, 0.717) is 0 Å². The molecule has 20 heavy (non-hydrogen) atoms. The minimum atomic E-state index is 0.886. The number of likely N-dealkylation sites (N-methyl/N-ethyl adjacent to an activating group) is 1. The minimum Gasteiger partial charge on any atom is -0.360 e. The van der Waals surface area contributed by atoms with E-state index >= 15 is 0 Å². The van der Waals surface area contributed by atoms with Gasteiger partial charge in [0.2, 0.25) is 5.95 Å². The average molecular weight is 277 g/mol. The first-order valence-corrected chi connectivity index (χ1v) is 7.60. The van der Waals surface area contributed by atoms with Gasteiger partial charge < -0.3 is 14.7 Å². The number of aryl methyl sites for hydroxylation is 1. The Kier molecular flexibility index (Phi) is 5.17. The first-order chi connectivity index (χ1) is 9.60. The van der Waals surface area contributed by atoms with Gasteiger partial charge in [-0.2, -0.15) is 4.98 Å². The van der Waals surface area contributed by atoms with Gasteiger partial charge >= 0.3 is 0 Å². The minimum absolute atomic E-state index is 0.886. The summed E-state index contributed by atoms with van der Waals surface area (Å²) in [5, 5.41) is 0. The Hall–Kier alpha value is -1.36. The third kappa shape index (κ3) is 3.82. The van der Waals surface area contributed by atoms with Crippen LogP contribution in [0.25, 0.3) is 0 Å². The monoisotopic (exact) mass is 277 g/mol. The second kappa shape index (κ2) is 6.88. The number of unbranched alkanes of at least 4 members (excludes halogenated alkanes) is 1. The number of aromatic nitrogens is 2. The fraction of sp³-hybridized carbons (Fsp3) is 0.733. The number of nitrogens with zero attached hydrogens (tertiary/aromatic N) is 5. The Bertz CT molecular complexity index is 426. The summed E-state index contributed by atoms with van der Waals surface area (Å²) in [7, 11) is 4.28. The van der Waals surface area contributed by atoms with E-state index in [2.05, 4.69) is 53.7 Å². The summed E-state index contributed by atoms with van der Waals surface area (Å²) in [6.45, 7) is 9.51. The zero-order chi connectivity index (χ0) is 14.5. The standard InChI is InChI=1S/C15H27N5/c1-5-6-7-19(4)14-12-13(2)16-15(17-14)20-10-8-18(3)9-11-20/h12H,5-11H2,1-4H3. The molecule has 1 aromatic rings. The van der Waals surface area contributed by atoms with Gasteiger partial charge in [-0.3, -0.25) is 0 Å². The van der Waals surface area contributed by atoms with Crippen molar-refractivity contribution in [2.24, 2.45) is 0 Å². The van der Waals surface area contributed by atoms with Gasteiger partial charge in [0.25, 0.3) is 0 Å². The lowest BCUT2D eigenvalue weighted by Crippen LogP contribution is -2.45. The Morgan fingerprint density at radius 2 is 1.90 bits per heavy atom. The van der Waals surface area contributed by atoms with E-state index in [9.17, 15) is 0 Å². The van der Waals surface area contributed by atoms with Crippen LogP contribution in [0, 0.1) is 6.92 Å². The highest BCUT2D eigenvalue weighted by molar-refractivity contribution is 5.45. The summed E-state index contributed by atoms with van der Waals surface area (Å²) in [5.41, 5.74) is 1.05. The predicted molar refractivity (Wildman–Crippen MR) is 84.7 cm³/mol.